The van der Waals surface area contributed by atoms with Gasteiger partial charge in [-0.05, 0) is 47.6 Å². The van der Waals surface area contributed by atoms with Gasteiger partial charge in [0.25, 0.3) is 5.91 Å². The molecule has 1 aliphatic heterocycles. The quantitative estimate of drug-likeness (QED) is 0.447. The topological polar surface area (TPSA) is 59.0 Å². The van der Waals surface area contributed by atoms with Crippen LogP contribution in [0.15, 0.2) is 102 Å². The fourth-order valence-electron chi connectivity index (χ4n) is 4.96. The Labute approximate surface area is 205 Å². The molecule has 1 amide bonds. The van der Waals surface area contributed by atoms with E-state index >= 15 is 0 Å². The molecule has 0 bridgehead atoms. The normalized spacial score (nSPS) is 20.3. The molecule has 0 radical (unpaired) electrons. The second-order valence-electron chi connectivity index (χ2n) is 8.98. The van der Waals surface area contributed by atoms with Crippen LogP contribution in [-0.2, 0) is 20.7 Å². The minimum absolute atomic E-state index is 0.116. The van der Waals surface area contributed by atoms with E-state index in [1.54, 1.807) is 5.01 Å². The SMILES string of the molecule is O=C(Cc1ccccc1)OCC(=O)N1N=C2C(=Cc3ccccc3)CCCC2C1c1ccccc1. The van der Waals surface area contributed by atoms with Crippen molar-refractivity contribution in [3.63, 3.8) is 0 Å². The Morgan fingerprint density at radius 3 is 2.29 bits per heavy atom. The Morgan fingerprint density at radius 2 is 1.57 bits per heavy atom. The Morgan fingerprint density at radius 1 is 0.914 bits per heavy atom. The number of esters is 1. The third kappa shape index (κ3) is 5.24. The number of carbonyl (C=O) groups excluding carboxylic acids is 2. The summed E-state index contributed by atoms with van der Waals surface area (Å²) in [6, 6.07) is 29.4. The van der Waals surface area contributed by atoms with Gasteiger partial charge in [-0.1, -0.05) is 91.0 Å². The molecule has 0 saturated heterocycles. The lowest BCUT2D eigenvalue weighted by molar-refractivity contribution is -0.152. The van der Waals surface area contributed by atoms with Gasteiger partial charge in [0.05, 0.1) is 18.2 Å². The number of hydrogen-bond donors (Lipinski definition) is 0. The van der Waals surface area contributed by atoms with Crippen molar-refractivity contribution in [2.75, 3.05) is 6.61 Å². The number of carbonyl (C=O) groups is 2. The Kier molecular flexibility index (Phi) is 6.85. The van der Waals surface area contributed by atoms with E-state index in [0.717, 1.165) is 41.7 Å². The van der Waals surface area contributed by atoms with Gasteiger partial charge >= 0.3 is 5.97 Å². The van der Waals surface area contributed by atoms with Gasteiger partial charge in [-0.3, -0.25) is 9.59 Å². The summed E-state index contributed by atoms with van der Waals surface area (Å²) in [5.41, 5.74) is 5.17. The monoisotopic (exact) mass is 464 g/mol. The first-order valence-electron chi connectivity index (χ1n) is 12.1. The molecule has 5 nitrogen and oxygen atoms in total. The van der Waals surface area contributed by atoms with Crippen molar-refractivity contribution in [3.8, 4) is 0 Å². The van der Waals surface area contributed by atoms with Gasteiger partial charge in [-0.2, -0.15) is 5.10 Å². The lowest BCUT2D eigenvalue weighted by atomic mass is 9.77. The van der Waals surface area contributed by atoms with Crippen molar-refractivity contribution in [3.05, 3.63) is 113 Å². The molecule has 3 aromatic rings. The molecular formula is C30H28N2O3. The third-order valence-electron chi connectivity index (χ3n) is 6.59. The van der Waals surface area contributed by atoms with E-state index in [1.807, 2.05) is 78.9 Å². The summed E-state index contributed by atoms with van der Waals surface area (Å²) in [7, 11) is 0. The second kappa shape index (κ2) is 10.5. The maximum Gasteiger partial charge on any atom is 0.310 e. The molecule has 1 heterocycles. The van der Waals surface area contributed by atoms with Gasteiger partial charge < -0.3 is 4.74 Å². The van der Waals surface area contributed by atoms with Gasteiger partial charge in [-0.25, -0.2) is 5.01 Å². The lowest BCUT2D eigenvalue weighted by Crippen LogP contribution is -2.34. The largest absolute Gasteiger partial charge is 0.455 e. The number of allylic oxidation sites excluding steroid dienone is 1. The summed E-state index contributed by atoms with van der Waals surface area (Å²) in [5.74, 6) is -0.610. The highest BCUT2D eigenvalue weighted by Crippen LogP contribution is 2.44. The van der Waals surface area contributed by atoms with Crippen molar-refractivity contribution in [2.45, 2.75) is 31.7 Å². The van der Waals surface area contributed by atoms with Crippen LogP contribution in [0.3, 0.4) is 0 Å². The molecule has 2 unspecified atom stereocenters. The van der Waals surface area contributed by atoms with Gasteiger partial charge in [0.1, 0.15) is 0 Å². The van der Waals surface area contributed by atoms with E-state index < -0.39 is 5.97 Å². The summed E-state index contributed by atoms with van der Waals surface area (Å²) in [5, 5.41) is 6.40. The summed E-state index contributed by atoms with van der Waals surface area (Å²) in [6.45, 7) is -0.323. The standard InChI is InChI=1S/C30H28N2O3/c33-27(21-35-28(34)20-23-13-6-2-7-14-23)32-30(24-15-8-3-9-16-24)26-18-10-17-25(29(26)31-32)19-22-11-4-1-5-12-22/h1-9,11-16,19,26,30H,10,17-18,20-21H2. The van der Waals surface area contributed by atoms with E-state index in [1.165, 1.54) is 5.57 Å². The van der Waals surface area contributed by atoms with Gasteiger partial charge in [0, 0.05) is 5.92 Å². The molecule has 2 aliphatic rings. The number of rotatable bonds is 6. The molecule has 5 heteroatoms. The average molecular weight is 465 g/mol. The molecule has 5 rings (SSSR count). The summed E-state index contributed by atoms with van der Waals surface area (Å²) >= 11 is 0. The molecule has 0 spiro atoms. The first-order valence-corrected chi connectivity index (χ1v) is 12.1. The minimum Gasteiger partial charge on any atom is -0.455 e. The zero-order chi connectivity index (χ0) is 24.0. The van der Waals surface area contributed by atoms with Crippen molar-refractivity contribution in [2.24, 2.45) is 11.0 Å². The van der Waals surface area contributed by atoms with E-state index in [4.69, 9.17) is 9.84 Å². The van der Waals surface area contributed by atoms with Crippen molar-refractivity contribution in [1.29, 1.82) is 0 Å². The van der Waals surface area contributed by atoms with E-state index in [0.29, 0.717) is 0 Å². The molecule has 1 fully saturated rings. The fourth-order valence-corrected chi connectivity index (χ4v) is 4.96. The van der Waals surface area contributed by atoms with Gasteiger partial charge in [0.2, 0.25) is 0 Å². The van der Waals surface area contributed by atoms with Crippen LogP contribution in [0, 0.1) is 5.92 Å². The Balaban J connectivity index is 1.38. The van der Waals surface area contributed by atoms with Crippen molar-refractivity contribution in [1.82, 2.24) is 5.01 Å². The van der Waals surface area contributed by atoms with E-state index in [-0.39, 0.29) is 30.9 Å². The number of nitrogens with zero attached hydrogens (tertiary/aromatic N) is 2. The molecule has 35 heavy (non-hydrogen) atoms. The highest BCUT2D eigenvalue weighted by Gasteiger charge is 2.43. The molecule has 0 N–H and O–H groups in total. The van der Waals surface area contributed by atoms with Gasteiger partial charge in [0.15, 0.2) is 6.61 Å². The number of fused-ring (bicyclic) bond motifs is 1. The van der Waals surface area contributed by atoms with Crippen LogP contribution in [0.5, 0.6) is 0 Å². The number of hydrogen-bond acceptors (Lipinski definition) is 4. The van der Waals surface area contributed by atoms with Crippen LogP contribution in [0.1, 0.15) is 42.0 Å². The number of hydrazone groups is 1. The van der Waals surface area contributed by atoms with Gasteiger partial charge in [-0.15, -0.1) is 0 Å². The zero-order valence-electron chi connectivity index (χ0n) is 19.5. The predicted molar refractivity (Wildman–Crippen MR) is 136 cm³/mol. The lowest BCUT2D eigenvalue weighted by Gasteiger charge is -2.29. The van der Waals surface area contributed by atoms with E-state index in [2.05, 4.69) is 18.2 Å². The van der Waals surface area contributed by atoms with Crippen LogP contribution >= 0.6 is 0 Å². The Hall–Kier alpha value is -3.99. The molecular weight excluding hydrogens is 436 g/mol. The summed E-state index contributed by atoms with van der Waals surface area (Å²) in [4.78, 5) is 25.7. The first kappa shape index (κ1) is 22.8. The molecule has 3 aromatic carbocycles. The molecule has 1 saturated carbocycles. The summed E-state index contributed by atoms with van der Waals surface area (Å²) < 4.78 is 5.37. The second-order valence-corrected chi connectivity index (χ2v) is 8.98. The molecule has 176 valence electrons. The van der Waals surface area contributed by atoms with Crippen molar-refractivity contribution < 1.29 is 14.3 Å². The first-order chi connectivity index (χ1) is 17.2. The van der Waals surface area contributed by atoms with Crippen LogP contribution in [0.25, 0.3) is 6.08 Å². The smallest absolute Gasteiger partial charge is 0.310 e. The summed E-state index contributed by atoms with van der Waals surface area (Å²) in [6.07, 6.45) is 5.25. The Bertz CT molecular complexity index is 1240. The third-order valence-corrected chi connectivity index (χ3v) is 6.59. The maximum absolute atomic E-state index is 13.3. The molecule has 2 atom stereocenters. The predicted octanol–water partition coefficient (Wildman–Crippen LogP) is 5.60. The van der Waals surface area contributed by atoms with Crippen LogP contribution < -0.4 is 0 Å². The number of ether oxygens (including phenoxy) is 1. The average Bonchev–Trinajstić information content (AvgIpc) is 3.30. The molecule has 0 aromatic heterocycles. The van der Waals surface area contributed by atoms with Crippen LogP contribution in [0.4, 0.5) is 0 Å². The minimum atomic E-state index is -0.422. The highest BCUT2D eigenvalue weighted by atomic mass is 16.5. The van der Waals surface area contributed by atoms with Crippen LogP contribution in [0.2, 0.25) is 0 Å². The van der Waals surface area contributed by atoms with E-state index in [9.17, 15) is 9.59 Å². The fraction of sp³-hybridized carbons (Fsp3) is 0.233. The highest BCUT2D eigenvalue weighted by molar-refractivity contribution is 6.08. The number of amides is 1. The van der Waals surface area contributed by atoms with Crippen molar-refractivity contribution >= 4 is 23.7 Å². The number of benzene rings is 3. The zero-order valence-corrected chi connectivity index (χ0v) is 19.5. The van der Waals surface area contributed by atoms with Crippen LogP contribution in [-0.4, -0.2) is 29.2 Å². The molecule has 1 aliphatic carbocycles. The maximum atomic E-state index is 13.3.